The Kier molecular flexibility index (Phi) is 7.95. The smallest absolute Gasteiger partial charge is 0.332 e. The largest absolute Gasteiger partial charge is 0.497 e. The summed E-state index contributed by atoms with van der Waals surface area (Å²) < 4.78 is 18.7. The zero-order chi connectivity index (χ0) is 27.4. The molecule has 9 heteroatoms. The van der Waals surface area contributed by atoms with E-state index in [1.807, 2.05) is 62.3 Å². The standard InChI is InChI=1S/C29H31FN4O4/c1-19-17-22(9-14-25(19)32(2)3)31-27(35)18-26-28(36)34(23-10-7-21(30)8-11-23)29(37)33(26)16-15-20-5-12-24(38-4)13-6-20/h5-14,17,26H,15-16,18H2,1-4H3,(H,31,35). The number of nitrogens with zero attached hydrogens (tertiary/aromatic N) is 3. The minimum atomic E-state index is -0.993. The highest BCUT2D eigenvalue weighted by Crippen LogP contribution is 2.28. The van der Waals surface area contributed by atoms with Gasteiger partial charge in [0.25, 0.3) is 5.91 Å². The first-order chi connectivity index (χ1) is 18.2. The van der Waals surface area contributed by atoms with E-state index in [0.29, 0.717) is 17.9 Å². The van der Waals surface area contributed by atoms with Crippen molar-refractivity contribution in [1.29, 1.82) is 0 Å². The molecule has 1 atom stereocenters. The molecule has 4 amide bonds. The van der Waals surface area contributed by atoms with Gasteiger partial charge in [-0.3, -0.25) is 9.59 Å². The topological polar surface area (TPSA) is 82.2 Å². The molecule has 1 fully saturated rings. The second-order valence-corrected chi connectivity index (χ2v) is 9.39. The molecule has 38 heavy (non-hydrogen) atoms. The van der Waals surface area contributed by atoms with E-state index in [2.05, 4.69) is 5.32 Å². The van der Waals surface area contributed by atoms with Gasteiger partial charge in [0.15, 0.2) is 0 Å². The van der Waals surface area contributed by atoms with Crippen molar-refractivity contribution in [3.63, 3.8) is 0 Å². The molecule has 0 aliphatic carbocycles. The zero-order valence-corrected chi connectivity index (χ0v) is 21.9. The maximum absolute atomic E-state index is 13.5. The molecular weight excluding hydrogens is 487 g/mol. The molecule has 1 heterocycles. The van der Waals surface area contributed by atoms with Crippen LogP contribution in [0.25, 0.3) is 0 Å². The van der Waals surface area contributed by atoms with Crippen molar-refractivity contribution in [2.45, 2.75) is 25.8 Å². The van der Waals surface area contributed by atoms with Crippen molar-refractivity contribution in [3.05, 3.63) is 83.7 Å². The van der Waals surface area contributed by atoms with Crippen molar-refractivity contribution in [2.24, 2.45) is 0 Å². The van der Waals surface area contributed by atoms with E-state index in [1.165, 1.54) is 29.2 Å². The van der Waals surface area contributed by atoms with E-state index in [4.69, 9.17) is 4.74 Å². The number of halogens is 1. The fourth-order valence-corrected chi connectivity index (χ4v) is 4.58. The lowest BCUT2D eigenvalue weighted by molar-refractivity contribution is -0.124. The summed E-state index contributed by atoms with van der Waals surface area (Å²) in [6, 6.07) is 16.6. The molecule has 0 bridgehead atoms. The van der Waals surface area contributed by atoms with E-state index in [9.17, 15) is 18.8 Å². The van der Waals surface area contributed by atoms with Gasteiger partial charge in [-0.05, 0) is 79.1 Å². The molecule has 198 valence electrons. The van der Waals surface area contributed by atoms with Crippen molar-refractivity contribution < 1.29 is 23.5 Å². The molecule has 1 aliphatic heterocycles. The average Bonchev–Trinajstić information content (AvgIpc) is 3.11. The first kappa shape index (κ1) is 26.7. The van der Waals surface area contributed by atoms with Gasteiger partial charge < -0.3 is 19.9 Å². The van der Waals surface area contributed by atoms with Gasteiger partial charge in [-0.15, -0.1) is 0 Å². The first-order valence-electron chi connectivity index (χ1n) is 12.3. The first-order valence-corrected chi connectivity index (χ1v) is 12.3. The number of amides is 4. The van der Waals surface area contributed by atoms with E-state index in [1.54, 1.807) is 13.2 Å². The Hall–Kier alpha value is -4.40. The molecule has 1 N–H and O–H groups in total. The average molecular weight is 519 g/mol. The number of imide groups is 1. The van der Waals surface area contributed by atoms with Crippen LogP contribution in [0.15, 0.2) is 66.7 Å². The summed E-state index contributed by atoms with van der Waals surface area (Å²) in [7, 11) is 5.47. The van der Waals surface area contributed by atoms with E-state index >= 15 is 0 Å². The molecule has 0 saturated carbocycles. The highest BCUT2D eigenvalue weighted by Gasteiger charge is 2.46. The normalized spacial score (nSPS) is 15.1. The Bertz CT molecular complexity index is 1330. The van der Waals surface area contributed by atoms with Crippen LogP contribution in [-0.4, -0.2) is 56.5 Å². The molecule has 4 rings (SSSR count). The lowest BCUT2D eigenvalue weighted by atomic mass is 10.1. The number of hydrogen-bond acceptors (Lipinski definition) is 5. The number of hydrogen-bond donors (Lipinski definition) is 1. The number of anilines is 3. The maximum Gasteiger partial charge on any atom is 0.332 e. The molecule has 0 radical (unpaired) electrons. The number of benzene rings is 3. The fourth-order valence-electron chi connectivity index (χ4n) is 4.58. The zero-order valence-electron chi connectivity index (χ0n) is 21.9. The Morgan fingerprint density at radius 1 is 1.03 bits per heavy atom. The van der Waals surface area contributed by atoms with Gasteiger partial charge in [0, 0.05) is 32.0 Å². The van der Waals surface area contributed by atoms with Crippen molar-refractivity contribution >= 4 is 34.9 Å². The van der Waals surface area contributed by atoms with Gasteiger partial charge >= 0.3 is 6.03 Å². The number of methoxy groups -OCH3 is 1. The number of rotatable bonds is 9. The number of ether oxygens (including phenoxy) is 1. The molecule has 1 unspecified atom stereocenters. The second-order valence-electron chi connectivity index (χ2n) is 9.39. The van der Waals surface area contributed by atoms with Crippen molar-refractivity contribution in [1.82, 2.24) is 4.90 Å². The summed E-state index contributed by atoms with van der Waals surface area (Å²) >= 11 is 0. The summed E-state index contributed by atoms with van der Waals surface area (Å²) in [4.78, 5) is 44.3. The van der Waals surface area contributed by atoms with Gasteiger partial charge in [-0.2, -0.15) is 0 Å². The summed E-state index contributed by atoms with van der Waals surface area (Å²) in [6.07, 6.45) is 0.267. The third-order valence-corrected chi connectivity index (χ3v) is 6.55. The van der Waals surface area contributed by atoms with Gasteiger partial charge in [-0.25, -0.2) is 14.1 Å². The molecule has 1 aliphatic rings. The Morgan fingerprint density at radius 2 is 1.71 bits per heavy atom. The number of carbonyl (C=O) groups is 3. The Labute approximate surface area is 221 Å². The SMILES string of the molecule is COc1ccc(CCN2C(=O)N(c3ccc(F)cc3)C(=O)C2CC(=O)Nc2ccc(N(C)C)c(C)c2)cc1. The van der Waals surface area contributed by atoms with E-state index in [0.717, 1.165) is 21.7 Å². The molecule has 3 aromatic carbocycles. The summed E-state index contributed by atoms with van der Waals surface area (Å²) in [5.74, 6) is -0.669. The van der Waals surface area contributed by atoms with Crippen LogP contribution in [0.3, 0.4) is 0 Å². The van der Waals surface area contributed by atoms with Gasteiger partial charge in [0.05, 0.1) is 19.2 Å². The molecule has 0 aromatic heterocycles. The minimum absolute atomic E-state index is 0.209. The van der Waals surface area contributed by atoms with Crippen molar-refractivity contribution in [2.75, 3.05) is 42.9 Å². The lowest BCUT2D eigenvalue weighted by Gasteiger charge is -2.22. The number of urea groups is 1. The van der Waals surface area contributed by atoms with Crippen LogP contribution >= 0.6 is 0 Å². The fraction of sp³-hybridized carbons (Fsp3) is 0.276. The maximum atomic E-state index is 13.5. The monoisotopic (exact) mass is 518 g/mol. The summed E-state index contributed by atoms with van der Waals surface area (Å²) in [5.41, 5.74) is 3.83. The quantitative estimate of drug-likeness (QED) is 0.418. The van der Waals surface area contributed by atoms with Crippen LogP contribution in [0.5, 0.6) is 5.75 Å². The number of carbonyl (C=O) groups excluding carboxylic acids is 3. The minimum Gasteiger partial charge on any atom is -0.497 e. The van der Waals surface area contributed by atoms with Gasteiger partial charge in [0.2, 0.25) is 5.91 Å². The molecular formula is C29H31FN4O4. The molecule has 0 spiro atoms. The van der Waals surface area contributed by atoms with E-state index in [-0.39, 0.29) is 24.6 Å². The highest BCUT2D eigenvalue weighted by molar-refractivity contribution is 6.22. The van der Waals surface area contributed by atoms with Crippen LogP contribution in [0.2, 0.25) is 0 Å². The number of aryl methyl sites for hydroxylation is 1. The van der Waals surface area contributed by atoms with Crippen LogP contribution < -0.4 is 19.9 Å². The highest BCUT2D eigenvalue weighted by atomic mass is 19.1. The predicted octanol–water partition coefficient (Wildman–Crippen LogP) is 4.62. The van der Waals surface area contributed by atoms with Crippen LogP contribution in [0.4, 0.5) is 26.2 Å². The summed E-state index contributed by atoms with van der Waals surface area (Å²) in [6.45, 7) is 2.18. The van der Waals surface area contributed by atoms with Gasteiger partial charge in [0.1, 0.15) is 17.6 Å². The third kappa shape index (κ3) is 5.77. The van der Waals surface area contributed by atoms with Crippen LogP contribution in [0.1, 0.15) is 17.5 Å². The lowest BCUT2D eigenvalue weighted by Crippen LogP contribution is -2.39. The Morgan fingerprint density at radius 3 is 2.32 bits per heavy atom. The van der Waals surface area contributed by atoms with E-state index < -0.39 is 23.8 Å². The predicted molar refractivity (Wildman–Crippen MR) is 145 cm³/mol. The van der Waals surface area contributed by atoms with Crippen LogP contribution in [0, 0.1) is 12.7 Å². The van der Waals surface area contributed by atoms with Crippen molar-refractivity contribution in [3.8, 4) is 5.75 Å². The second kappa shape index (κ2) is 11.3. The molecule has 8 nitrogen and oxygen atoms in total. The summed E-state index contributed by atoms with van der Waals surface area (Å²) in [5, 5.41) is 2.85. The number of nitrogens with one attached hydrogen (secondary N) is 1. The third-order valence-electron chi connectivity index (χ3n) is 6.55. The van der Waals surface area contributed by atoms with Gasteiger partial charge in [-0.1, -0.05) is 12.1 Å². The molecule has 1 saturated heterocycles. The Balaban J connectivity index is 1.54. The van der Waals surface area contributed by atoms with Crippen LogP contribution in [-0.2, 0) is 16.0 Å². The molecule has 3 aromatic rings.